The first kappa shape index (κ1) is 14.0. The van der Waals surface area contributed by atoms with Gasteiger partial charge in [-0.05, 0) is 37.6 Å². The first-order chi connectivity index (χ1) is 10.1. The van der Waals surface area contributed by atoms with Crippen LogP contribution in [0, 0.1) is 13.8 Å². The minimum absolute atomic E-state index is 0.131. The number of furan rings is 1. The zero-order valence-electron chi connectivity index (χ0n) is 11.9. The quantitative estimate of drug-likeness (QED) is 0.866. The molecule has 1 unspecified atom stereocenters. The van der Waals surface area contributed by atoms with E-state index in [-0.39, 0.29) is 11.3 Å². The summed E-state index contributed by atoms with van der Waals surface area (Å²) in [6.45, 7) is 4.75. The summed E-state index contributed by atoms with van der Waals surface area (Å²) in [6, 6.07) is 7.40. The van der Waals surface area contributed by atoms with Gasteiger partial charge in [-0.2, -0.15) is 0 Å². The molecule has 2 aromatic rings. The number of fused-ring (bicyclic) bond motifs is 1. The van der Waals surface area contributed by atoms with Crippen molar-refractivity contribution in [2.45, 2.75) is 19.2 Å². The Morgan fingerprint density at radius 1 is 1.29 bits per heavy atom. The maximum absolute atomic E-state index is 12.0. The molecule has 110 valence electrons. The summed E-state index contributed by atoms with van der Waals surface area (Å²) in [6.07, 6.45) is 0. The van der Waals surface area contributed by atoms with E-state index in [1.54, 1.807) is 12.1 Å². The fraction of sp³-hybridized carbons (Fsp3) is 0.312. The summed E-state index contributed by atoms with van der Waals surface area (Å²) >= 11 is 6.55. The third kappa shape index (κ3) is 2.63. The molecule has 0 spiro atoms. The number of hydrogen-bond acceptors (Lipinski definition) is 3. The Balaban J connectivity index is 2.00. The van der Waals surface area contributed by atoms with Gasteiger partial charge in [0.25, 0.3) is 5.91 Å². The summed E-state index contributed by atoms with van der Waals surface area (Å²) in [5.74, 6) is 2.08. The zero-order valence-corrected chi connectivity index (χ0v) is 12.7. The molecule has 0 radical (unpaired) electrons. The number of nitrogens with one attached hydrogen (secondary N) is 1. The highest BCUT2D eigenvalue weighted by Crippen LogP contribution is 2.35. The molecule has 0 fully saturated rings. The van der Waals surface area contributed by atoms with Gasteiger partial charge in [0.2, 0.25) is 0 Å². The molecule has 3 rings (SSSR count). The number of halogens is 1. The summed E-state index contributed by atoms with van der Waals surface area (Å²) in [5, 5.41) is 2.44. The predicted octanol–water partition coefficient (Wildman–Crippen LogP) is 3.35. The lowest BCUT2D eigenvalue weighted by Crippen LogP contribution is -2.24. The molecule has 1 aliphatic rings. The van der Waals surface area contributed by atoms with Crippen LogP contribution >= 0.6 is 11.6 Å². The lowest BCUT2D eigenvalue weighted by atomic mass is 10.0. The third-order valence-electron chi connectivity index (χ3n) is 3.54. The number of rotatable bonds is 2. The van der Waals surface area contributed by atoms with Crippen molar-refractivity contribution in [1.29, 1.82) is 0 Å². The molecule has 21 heavy (non-hydrogen) atoms. The van der Waals surface area contributed by atoms with E-state index in [2.05, 4.69) is 5.32 Å². The zero-order chi connectivity index (χ0) is 15.0. The number of carbonyl (C=O) groups is 1. The van der Waals surface area contributed by atoms with Gasteiger partial charge in [-0.15, -0.1) is 11.6 Å². The van der Waals surface area contributed by atoms with Gasteiger partial charge in [-0.3, -0.25) is 4.79 Å². The van der Waals surface area contributed by atoms with Crippen molar-refractivity contribution >= 4 is 17.5 Å². The highest BCUT2D eigenvalue weighted by Gasteiger charge is 2.21. The molecule has 0 saturated heterocycles. The monoisotopic (exact) mass is 305 g/mol. The molecule has 4 nitrogen and oxygen atoms in total. The molecule has 1 aromatic carbocycles. The Kier molecular flexibility index (Phi) is 3.64. The molecule has 1 N–H and O–H groups in total. The molecule has 2 heterocycles. The van der Waals surface area contributed by atoms with Crippen LogP contribution in [0.2, 0.25) is 0 Å². The maximum atomic E-state index is 12.0. The molecular formula is C16H16ClNO3. The second kappa shape index (κ2) is 5.45. The van der Waals surface area contributed by atoms with Crippen LogP contribution in [0.4, 0.5) is 0 Å². The first-order valence-electron chi connectivity index (χ1n) is 6.82. The summed E-state index contributed by atoms with van der Waals surface area (Å²) in [4.78, 5) is 12.0. The maximum Gasteiger partial charge on any atom is 0.255 e. The van der Waals surface area contributed by atoms with Crippen molar-refractivity contribution in [3.63, 3.8) is 0 Å². The van der Waals surface area contributed by atoms with Gasteiger partial charge in [0.1, 0.15) is 23.9 Å². The Labute approximate surface area is 128 Å². The number of carbonyl (C=O) groups excluding carboxylic acids is 1. The standard InChI is InChI=1S/C16H16ClNO3/c1-9-7-12(10(2)21-9)15(17)11-3-4-14-13(8-11)16(19)18-5-6-20-14/h3-4,7-8,15H,5-6H2,1-2H3,(H,18,19). The number of ether oxygens (including phenoxy) is 1. The van der Waals surface area contributed by atoms with Crippen LogP contribution in [0.5, 0.6) is 5.75 Å². The number of hydrogen-bond donors (Lipinski definition) is 1. The topological polar surface area (TPSA) is 51.5 Å². The summed E-state index contributed by atoms with van der Waals surface area (Å²) < 4.78 is 11.1. The molecule has 5 heteroatoms. The Hall–Kier alpha value is -1.94. The lowest BCUT2D eigenvalue weighted by Gasteiger charge is -2.12. The second-order valence-corrected chi connectivity index (χ2v) is 5.53. The average Bonchev–Trinajstić information content (AvgIpc) is 2.69. The number of aryl methyl sites for hydroxylation is 2. The predicted molar refractivity (Wildman–Crippen MR) is 80.1 cm³/mol. The molecule has 1 atom stereocenters. The van der Waals surface area contributed by atoms with Gasteiger partial charge in [0.15, 0.2) is 0 Å². The van der Waals surface area contributed by atoms with Gasteiger partial charge in [-0.1, -0.05) is 6.07 Å². The third-order valence-corrected chi connectivity index (χ3v) is 4.03. The van der Waals surface area contributed by atoms with Gasteiger partial charge in [0, 0.05) is 5.56 Å². The van der Waals surface area contributed by atoms with E-state index >= 15 is 0 Å². The molecular weight excluding hydrogens is 290 g/mol. The van der Waals surface area contributed by atoms with Gasteiger partial charge in [0.05, 0.1) is 17.5 Å². The van der Waals surface area contributed by atoms with Gasteiger partial charge in [-0.25, -0.2) is 0 Å². The Bertz CT molecular complexity index is 693. The molecule has 1 aromatic heterocycles. The molecule has 0 aliphatic carbocycles. The van der Waals surface area contributed by atoms with E-state index in [1.807, 2.05) is 26.0 Å². The molecule has 0 bridgehead atoms. The Morgan fingerprint density at radius 2 is 2.10 bits per heavy atom. The van der Waals surface area contributed by atoms with Crippen LogP contribution < -0.4 is 10.1 Å². The fourth-order valence-corrected chi connectivity index (χ4v) is 2.86. The van der Waals surface area contributed by atoms with Crippen molar-refractivity contribution in [1.82, 2.24) is 5.32 Å². The van der Waals surface area contributed by atoms with Gasteiger partial charge < -0.3 is 14.5 Å². The van der Waals surface area contributed by atoms with Gasteiger partial charge >= 0.3 is 0 Å². The van der Waals surface area contributed by atoms with Crippen molar-refractivity contribution in [2.75, 3.05) is 13.2 Å². The van der Waals surface area contributed by atoms with E-state index in [0.29, 0.717) is 24.5 Å². The molecule has 1 amide bonds. The second-order valence-electron chi connectivity index (χ2n) is 5.09. The first-order valence-corrected chi connectivity index (χ1v) is 7.26. The van der Waals surface area contributed by atoms with Crippen LogP contribution in [0.1, 0.15) is 38.4 Å². The van der Waals surface area contributed by atoms with Crippen molar-refractivity contribution < 1.29 is 13.9 Å². The Morgan fingerprint density at radius 3 is 2.81 bits per heavy atom. The lowest BCUT2D eigenvalue weighted by molar-refractivity contribution is 0.0957. The number of amides is 1. The van der Waals surface area contributed by atoms with Crippen LogP contribution in [-0.4, -0.2) is 19.1 Å². The SMILES string of the molecule is Cc1cc(C(Cl)c2ccc3c(c2)C(=O)NCCO3)c(C)o1. The van der Waals surface area contributed by atoms with Crippen molar-refractivity contribution in [3.05, 3.63) is 52.5 Å². The van der Waals surface area contributed by atoms with Crippen LogP contribution in [-0.2, 0) is 0 Å². The smallest absolute Gasteiger partial charge is 0.255 e. The van der Waals surface area contributed by atoms with Crippen LogP contribution in [0.3, 0.4) is 0 Å². The number of benzene rings is 1. The fourth-order valence-electron chi connectivity index (χ4n) is 2.51. The molecule has 0 saturated carbocycles. The minimum atomic E-state index is -0.358. The highest BCUT2D eigenvalue weighted by molar-refractivity contribution is 6.22. The van der Waals surface area contributed by atoms with Crippen molar-refractivity contribution in [3.8, 4) is 5.75 Å². The molecule has 1 aliphatic heterocycles. The summed E-state index contributed by atoms with van der Waals surface area (Å²) in [5.41, 5.74) is 2.29. The van der Waals surface area contributed by atoms with E-state index < -0.39 is 0 Å². The summed E-state index contributed by atoms with van der Waals surface area (Å²) in [7, 11) is 0. The van der Waals surface area contributed by atoms with Crippen LogP contribution in [0.25, 0.3) is 0 Å². The van der Waals surface area contributed by atoms with E-state index in [1.165, 1.54) is 0 Å². The van der Waals surface area contributed by atoms with E-state index in [0.717, 1.165) is 22.6 Å². The minimum Gasteiger partial charge on any atom is -0.491 e. The van der Waals surface area contributed by atoms with E-state index in [4.69, 9.17) is 20.8 Å². The van der Waals surface area contributed by atoms with E-state index in [9.17, 15) is 4.79 Å². The largest absolute Gasteiger partial charge is 0.491 e. The van der Waals surface area contributed by atoms with Crippen molar-refractivity contribution in [2.24, 2.45) is 0 Å². The number of alkyl halides is 1. The highest BCUT2D eigenvalue weighted by atomic mass is 35.5. The normalized spacial score (nSPS) is 15.7. The average molecular weight is 306 g/mol. The van der Waals surface area contributed by atoms with Crippen LogP contribution in [0.15, 0.2) is 28.7 Å².